The van der Waals surface area contributed by atoms with Crippen molar-refractivity contribution in [3.8, 4) is 5.75 Å². The summed E-state index contributed by atoms with van der Waals surface area (Å²) in [4.78, 5) is 20.3. The van der Waals surface area contributed by atoms with Crippen molar-refractivity contribution >= 4 is 11.6 Å². The highest BCUT2D eigenvalue weighted by Gasteiger charge is 2.15. The van der Waals surface area contributed by atoms with Gasteiger partial charge in [0.1, 0.15) is 5.82 Å². The molecule has 0 aliphatic rings. The number of hydrogen-bond acceptors (Lipinski definition) is 4. The molecule has 1 rings (SSSR count). The topological polar surface area (TPSA) is 95.5 Å². The average molecular weight is 228 g/mol. The molecule has 0 aromatic heterocycles. The maximum Gasteiger partial charge on any atom is 0.311 e. The minimum Gasteiger partial charge on any atom is -0.486 e. The smallest absolute Gasteiger partial charge is 0.311 e. The summed E-state index contributed by atoms with van der Waals surface area (Å²) in [6.45, 7) is -0.125. The zero-order valence-corrected chi connectivity index (χ0v) is 8.18. The fourth-order valence-electron chi connectivity index (χ4n) is 1.02. The molecule has 0 radical (unpaired) electrons. The molecule has 1 aromatic rings. The number of carbonyl (C=O) groups excluding carboxylic acids is 1. The predicted molar refractivity (Wildman–Crippen MR) is 52.4 cm³/mol. The summed E-state index contributed by atoms with van der Waals surface area (Å²) in [5.74, 6) is -1.47. The van der Waals surface area contributed by atoms with Gasteiger partial charge in [0.15, 0.2) is 5.75 Å². The van der Waals surface area contributed by atoms with Crippen LogP contribution in [0.4, 0.5) is 10.1 Å². The van der Waals surface area contributed by atoms with Gasteiger partial charge < -0.3 is 10.5 Å². The predicted octanol–water partition coefficient (Wildman–Crippen LogP) is 0.988. The summed E-state index contributed by atoms with van der Waals surface area (Å²) >= 11 is 0. The average Bonchev–Trinajstić information content (AvgIpc) is 2.16. The van der Waals surface area contributed by atoms with Crippen LogP contribution in [0.3, 0.4) is 0 Å². The van der Waals surface area contributed by atoms with Crippen LogP contribution in [-0.4, -0.2) is 17.4 Å². The van der Waals surface area contributed by atoms with Crippen molar-refractivity contribution in [1.82, 2.24) is 0 Å². The second kappa shape index (κ2) is 5.06. The number of rotatable bonds is 5. The van der Waals surface area contributed by atoms with Crippen molar-refractivity contribution in [3.63, 3.8) is 0 Å². The van der Waals surface area contributed by atoms with E-state index in [2.05, 4.69) is 0 Å². The molecular formula is C9H9FN2O4. The summed E-state index contributed by atoms with van der Waals surface area (Å²) in [6, 6.07) is 2.84. The first kappa shape index (κ1) is 11.9. The molecule has 0 aliphatic heterocycles. The van der Waals surface area contributed by atoms with E-state index in [9.17, 15) is 19.3 Å². The van der Waals surface area contributed by atoms with Gasteiger partial charge in [-0.3, -0.25) is 14.9 Å². The highest BCUT2D eigenvalue weighted by atomic mass is 19.1. The Kier molecular flexibility index (Phi) is 3.76. The number of halogens is 1. The number of amides is 1. The molecule has 6 nitrogen and oxygen atoms in total. The Morgan fingerprint density at radius 2 is 2.25 bits per heavy atom. The maximum absolute atomic E-state index is 12.8. The van der Waals surface area contributed by atoms with Crippen molar-refractivity contribution in [2.75, 3.05) is 6.61 Å². The molecular weight excluding hydrogens is 219 g/mol. The monoisotopic (exact) mass is 228 g/mol. The molecule has 0 heterocycles. The van der Waals surface area contributed by atoms with E-state index in [0.717, 1.165) is 18.2 Å². The van der Waals surface area contributed by atoms with E-state index in [1.807, 2.05) is 0 Å². The number of nitrogens with two attached hydrogens (primary N) is 1. The van der Waals surface area contributed by atoms with Gasteiger partial charge in [-0.15, -0.1) is 0 Å². The number of nitrogens with zero attached hydrogens (tertiary/aromatic N) is 1. The zero-order valence-electron chi connectivity index (χ0n) is 8.18. The van der Waals surface area contributed by atoms with Crippen molar-refractivity contribution in [1.29, 1.82) is 0 Å². The molecule has 0 saturated carbocycles. The van der Waals surface area contributed by atoms with Gasteiger partial charge in [0.2, 0.25) is 5.91 Å². The van der Waals surface area contributed by atoms with Crippen LogP contribution < -0.4 is 10.5 Å². The molecule has 0 bridgehead atoms. The van der Waals surface area contributed by atoms with E-state index < -0.39 is 16.6 Å². The van der Waals surface area contributed by atoms with Crippen LogP contribution in [0.5, 0.6) is 5.75 Å². The molecule has 7 heteroatoms. The van der Waals surface area contributed by atoms with Crippen LogP contribution >= 0.6 is 0 Å². The number of primary amides is 1. The van der Waals surface area contributed by atoms with Crippen LogP contribution in [-0.2, 0) is 4.79 Å². The van der Waals surface area contributed by atoms with Crippen LogP contribution in [0.15, 0.2) is 18.2 Å². The van der Waals surface area contributed by atoms with Gasteiger partial charge in [-0.05, 0) is 6.07 Å². The SMILES string of the molecule is NC(=O)CCOc1cc(F)ccc1[N+](=O)[O-]. The Hall–Kier alpha value is -2.18. The number of carbonyl (C=O) groups is 1. The molecule has 0 atom stereocenters. The molecule has 16 heavy (non-hydrogen) atoms. The summed E-state index contributed by atoms with van der Waals surface area (Å²) in [5, 5.41) is 10.5. The molecule has 0 saturated heterocycles. The van der Waals surface area contributed by atoms with Gasteiger partial charge in [0, 0.05) is 12.1 Å². The lowest BCUT2D eigenvalue weighted by atomic mass is 10.3. The Bertz CT molecular complexity index is 422. The van der Waals surface area contributed by atoms with Crippen LogP contribution in [0.25, 0.3) is 0 Å². The first-order valence-corrected chi connectivity index (χ1v) is 4.35. The Morgan fingerprint density at radius 1 is 1.56 bits per heavy atom. The summed E-state index contributed by atoms with van der Waals surface area (Å²) < 4.78 is 17.7. The van der Waals surface area contributed by atoms with E-state index in [1.165, 1.54) is 0 Å². The fourth-order valence-corrected chi connectivity index (χ4v) is 1.02. The lowest BCUT2D eigenvalue weighted by Crippen LogP contribution is -2.14. The van der Waals surface area contributed by atoms with E-state index in [-0.39, 0.29) is 24.5 Å². The number of ether oxygens (including phenoxy) is 1. The summed E-state index contributed by atoms with van der Waals surface area (Å²) in [6.07, 6.45) is -0.0896. The van der Waals surface area contributed by atoms with Gasteiger partial charge in [-0.25, -0.2) is 4.39 Å². The number of hydrogen-bond donors (Lipinski definition) is 1. The van der Waals surface area contributed by atoms with Crippen LogP contribution in [0.2, 0.25) is 0 Å². The lowest BCUT2D eigenvalue weighted by Gasteiger charge is -2.05. The number of benzene rings is 1. The van der Waals surface area contributed by atoms with E-state index in [4.69, 9.17) is 10.5 Å². The number of nitro groups is 1. The van der Waals surface area contributed by atoms with Gasteiger partial charge in [-0.1, -0.05) is 0 Å². The second-order valence-electron chi connectivity index (χ2n) is 2.93. The molecule has 2 N–H and O–H groups in total. The fraction of sp³-hybridized carbons (Fsp3) is 0.222. The van der Waals surface area contributed by atoms with Crippen molar-refractivity contribution in [2.24, 2.45) is 5.73 Å². The molecule has 1 aromatic carbocycles. The quantitative estimate of drug-likeness (QED) is 0.600. The van der Waals surface area contributed by atoms with Gasteiger partial charge in [-0.2, -0.15) is 0 Å². The second-order valence-corrected chi connectivity index (χ2v) is 2.93. The Morgan fingerprint density at radius 3 is 2.81 bits per heavy atom. The Labute approximate surface area is 90.0 Å². The molecule has 0 spiro atoms. The molecule has 0 aliphatic carbocycles. The standard InChI is InChI=1S/C9H9FN2O4/c10-6-1-2-7(12(14)15)8(5-6)16-4-3-9(11)13/h1-2,5H,3-4H2,(H2,11,13). The van der Waals surface area contributed by atoms with Gasteiger partial charge >= 0.3 is 5.69 Å². The third kappa shape index (κ3) is 3.19. The van der Waals surface area contributed by atoms with Gasteiger partial charge in [0.05, 0.1) is 18.0 Å². The largest absolute Gasteiger partial charge is 0.486 e. The summed E-state index contributed by atoms with van der Waals surface area (Å²) in [5.41, 5.74) is 4.50. The Balaban J connectivity index is 2.80. The van der Waals surface area contributed by atoms with E-state index in [1.54, 1.807) is 0 Å². The molecule has 1 amide bonds. The van der Waals surface area contributed by atoms with Crippen molar-refractivity contribution in [3.05, 3.63) is 34.1 Å². The van der Waals surface area contributed by atoms with E-state index in [0.29, 0.717) is 0 Å². The lowest BCUT2D eigenvalue weighted by molar-refractivity contribution is -0.385. The highest BCUT2D eigenvalue weighted by molar-refractivity contribution is 5.73. The van der Waals surface area contributed by atoms with Crippen molar-refractivity contribution < 1.29 is 18.8 Å². The highest BCUT2D eigenvalue weighted by Crippen LogP contribution is 2.27. The third-order valence-corrected chi connectivity index (χ3v) is 1.72. The minimum atomic E-state index is -0.695. The van der Waals surface area contributed by atoms with Crippen LogP contribution in [0, 0.1) is 15.9 Å². The first-order valence-electron chi connectivity index (χ1n) is 4.35. The summed E-state index contributed by atoms with van der Waals surface area (Å²) in [7, 11) is 0. The minimum absolute atomic E-state index is 0.0896. The van der Waals surface area contributed by atoms with Gasteiger partial charge in [0.25, 0.3) is 0 Å². The van der Waals surface area contributed by atoms with E-state index >= 15 is 0 Å². The molecule has 86 valence electrons. The first-order chi connectivity index (χ1) is 7.50. The maximum atomic E-state index is 12.8. The van der Waals surface area contributed by atoms with Crippen LogP contribution in [0.1, 0.15) is 6.42 Å². The normalized spacial score (nSPS) is 9.81. The zero-order chi connectivity index (χ0) is 12.1. The molecule has 0 fully saturated rings. The van der Waals surface area contributed by atoms with Crippen molar-refractivity contribution in [2.45, 2.75) is 6.42 Å². The third-order valence-electron chi connectivity index (χ3n) is 1.72. The number of nitro benzene ring substituents is 1. The molecule has 0 unspecified atom stereocenters.